The van der Waals surface area contributed by atoms with E-state index in [0.717, 1.165) is 19.5 Å². The fourth-order valence-electron chi connectivity index (χ4n) is 2.25. The summed E-state index contributed by atoms with van der Waals surface area (Å²) in [7, 11) is 0. The Kier molecular flexibility index (Phi) is 5.69. The number of hydrogen-bond donors (Lipinski definition) is 1. The molecule has 0 aromatic carbocycles. The quantitative estimate of drug-likeness (QED) is 0.789. The smallest absolute Gasteiger partial charge is 0.0951 e. The van der Waals surface area contributed by atoms with E-state index in [4.69, 9.17) is 0 Å². The summed E-state index contributed by atoms with van der Waals surface area (Å²) < 4.78 is 2.33. The topological polar surface area (TPSA) is 29.9 Å². The van der Waals surface area contributed by atoms with E-state index in [2.05, 4.69) is 49.5 Å². The summed E-state index contributed by atoms with van der Waals surface area (Å²) in [5.74, 6) is 1.34. The molecule has 1 rings (SSSR count). The van der Waals surface area contributed by atoms with Crippen molar-refractivity contribution in [3.63, 3.8) is 0 Å². The van der Waals surface area contributed by atoms with Crippen LogP contribution in [0.4, 0.5) is 0 Å². The van der Waals surface area contributed by atoms with E-state index in [9.17, 15) is 0 Å². The third-order valence-corrected chi connectivity index (χ3v) is 3.15. The molecule has 0 aliphatic heterocycles. The Morgan fingerprint density at radius 3 is 2.53 bits per heavy atom. The molecule has 1 atom stereocenters. The van der Waals surface area contributed by atoms with Crippen LogP contribution in [0.5, 0.6) is 0 Å². The van der Waals surface area contributed by atoms with Crippen LogP contribution in [-0.2, 0) is 6.54 Å². The van der Waals surface area contributed by atoms with Crippen LogP contribution in [0, 0.1) is 11.8 Å². The van der Waals surface area contributed by atoms with Crippen LogP contribution in [-0.4, -0.2) is 16.1 Å². The van der Waals surface area contributed by atoms with Gasteiger partial charge in [-0.15, -0.1) is 0 Å². The van der Waals surface area contributed by atoms with Crippen molar-refractivity contribution in [3.05, 3.63) is 18.2 Å². The molecule has 98 valence electrons. The standard InChI is InChI=1S/C14H27N3/c1-6-14(12(4)5)17-10-16-9-13(17)8-15-7-11(2)3/h9-12,14-15H,6-8H2,1-5H3. The van der Waals surface area contributed by atoms with E-state index in [-0.39, 0.29) is 0 Å². The van der Waals surface area contributed by atoms with Crippen molar-refractivity contribution in [1.29, 1.82) is 0 Å². The van der Waals surface area contributed by atoms with Gasteiger partial charge in [0.2, 0.25) is 0 Å². The van der Waals surface area contributed by atoms with Gasteiger partial charge in [0.15, 0.2) is 0 Å². The van der Waals surface area contributed by atoms with Gasteiger partial charge in [-0.3, -0.25) is 0 Å². The van der Waals surface area contributed by atoms with Gasteiger partial charge in [-0.1, -0.05) is 34.6 Å². The lowest BCUT2D eigenvalue weighted by atomic mass is 10.0. The van der Waals surface area contributed by atoms with E-state index in [1.54, 1.807) is 0 Å². The largest absolute Gasteiger partial charge is 0.330 e. The zero-order valence-corrected chi connectivity index (χ0v) is 11.9. The van der Waals surface area contributed by atoms with Crippen LogP contribution in [0.3, 0.4) is 0 Å². The van der Waals surface area contributed by atoms with E-state index in [0.29, 0.717) is 17.9 Å². The SMILES string of the molecule is CCC(C(C)C)n1cncc1CNCC(C)C. The molecule has 1 aromatic heterocycles. The minimum atomic E-state index is 0.563. The Bertz CT molecular complexity index is 315. The summed E-state index contributed by atoms with van der Waals surface area (Å²) >= 11 is 0. The maximum atomic E-state index is 4.29. The van der Waals surface area contributed by atoms with Gasteiger partial charge in [-0.25, -0.2) is 4.98 Å². The average Bonchev–Trinajstić information content (AvgIpc) is 2.66. The highest BCUT2D eigenvalue weighted by Crippen LogP contribution is 2.22. The molecule has 1 aromatic rings. The second-order valence-electron chi connectivity index (χ2n) is 5.54. The fourth-order valence-corrected chi connectivity index (χ4v) is 2.25. The minimum absolute atomic E-state index is 0.563. The Hall–Kier alpha value is -0.830. The highest BCUT2D eigenvalue weighted by Gasteiger charge is 2.15. The summed E-state index contributed by atoms with van der Waals surface area (Å²) in [5.41, 5.74) is 1.30. The van der Waals surface area contributed by atoms with Gasteiger partial charge < -0.3 is 9.88 Å². The van der Waals surface area contributed by atoms with E-state index in [1.165, 1.54) is 5.69 Å². The zero-order chi connectivity index (χ0) is 12.8. The fraction of sp³-hybridized carbons (Fsp3) is 0.786. The van der Waals surface area contributed by atoms with Crippen LogP contribution in [0.15, 0.2) is 12.5 Å². The molecule has 3 nitrogen and oxygen atoms in total. The van der Waals surface area contributed by atoms with E-state index in [1.807, 2.05) is 12.5 Å². The van der Waals surface area contributed by atoms with Crippen LogP contribution in [0.25, 0.3) is 0 Å². The summed E-state index contributed by atoms with van der Waals surface area (Å²) in [6.45, 7) is 13.2. The summed E-state index contributed by atoms with van der Waals surface area (Å²) in [5, 5.41) is 3.48. The molecule has 0 aliphatic carbocycles. The molecule has 0 radical (unpaired) electrons. The lowest BCUT2D eigenvalue weighted by Crippen LogP contribution is -2.23. The van der Waals surface area contributed by atoms with Gasteiger partial charge >= 0.3 is 0 Å². The number of aromatic nitrogens is 2. The molecule has 1 heterocycles. The molecule has 0 amide bonds. The first kappa shape index (κ1) is 14.2. The van der Waals surface area contributed by atoms with Crippen molar-refractivity contribution in [1.82, 2.24) is 14.9 Å². The second kappa shape index (κ2) is 6.80. The maximum absolute atomic E-state index is 4.29. The maximum Gasteiger partial charge on any atom is 0.0951 e. The van der Waals surface area contributed by atoms with E-state index >= 15 is 0 Å². The first-order valence-corrected chi connectivity index (χ1v) is 6.77. The predicted molar refractivity (Wildman–Crippen MR) is 72.9 cm³/mol. The van der Waals surface area contributed by atoms with Crippen molar-refractivity contribution in [2.45, 2.75) is 53.6 Å². The molecule has 1 N–H and O–H groups in total. The zero-order valence-electron chi connectivity index (χ0n) is 11.9. The summed E-state index contributed by atoms with van der Waals surface area (Å²) in [6, 6.07) is 0.563. The van der Waals surface area contributed by atoms with Gasteiger partial charge in [0.25, 0.3) is 0 Å². The monoisotopic (exact) mass is 237 g/mol. The highest BCUT2D eigenvalue weighted by molar-refractivity contribution is 5.00. The first-order valence-electron chi connectivity index (χ1n) is 6.77. The number of hydrogen-bond acceptors (Lipinski definition) is 2. The number of nitrogens with one attached hydrogen (secondary N) is 1. The molecule has 3 heteroatoms. The van der Waals surface area contributed by atoms with Crippen molar-refractivity contribution in [3.8, 4) is 0 Å². The van der Waals surface area contributed by atoms with Gasteiger partial charge in [0.1, 0.15) is 0 Å². The number of rotatable bonds is 7. The van der Waals surface area contributed by atoms with Gasteiger partial charge in [-0.2, -0.15) is 0 Å². The Morgan fingerprint density at radius 1 is 1.29 bits per heavy atom. The Labute approximate surface area is 106 Å². The summed E-state index contributed by atoms with van der Waals surface area (Å²) in [6.07, 6.45) is 5.12. The molecule has 17 heavy (non-hydrogen) atoms. The Morgan fingerprint density at radius 2 is 2.00 bits per heavy atom. The molecule has 0 saturated heterocycles. The molecule has 0 bridgehead atoms. The molecule has 0 spiro atoms. The lowest BCUT2D eigenvalue weighted by molar-refractivity contribution is 0.354. The van der Waals surface area contributed by atoms with Gasteiger partial charge in [-0.05, 0) is 24.8 Å². The average molecular weight is 237 g/mol. The van der Waals surface area contributed by atoms with Gasteiger partial charge in [0.05, 0.1) is 12.0 Å². The molecular formula is C14H27N3. The van der Waals surface area contributed by atoms with E-state index < -0.39 is 0 Å². The van der Waals surface area contributed by atoms with Crippen LogP contribution in [0.2, 0.25) is 0 Å². The van der Waals surface area contributed by atoms with Crippen LogP contribution < -0.4 is 5.32 Å². The van der Waals surface area contributed by atoms with Crippen molar-refractivity contribution >= 4 is 0 Å². The molecular weight excluding hydrogens is 210 g/mol. The number of nitrogens with zero attached hydrogens (tertiary/aromatic N) is 2. The minimum Gasteiger partial charge on any atom is -0.330 e. The predicted octanol–water partition coefficient (Wildman–Crippen LogP) is 3.24. The molecule has 0 saturated carbocycles. The lowest BCUT2D eigenvalue weighted by Gasteiger charge is -2.23. The first-order chi connectivity index (χ1) is 8.06. The van der Waals surface area contributed by atoms with Crippen LogP contribution in [0.1, 0.15) is 52.8 Å². The highest BCUT2D eigenvalue weighted by atomic mass is 15.1. The normalized spacial score (nSPS) is 13.6. The second-order valence-corrected chi connectivity index (χ2v) is 5.54. The van der Waals surface area contributed by atoms with Crippen LogP contribution >= 0.6 is 0 Å². The van der Waals surface area contributed by atoms with Crippen molar-refractivity contribution in [2.75, 3.05) is 6.54 Å². The number of imidazole rings is 1. The third-order valence-electron chi connectivity index (χ3n) is 3.15. The van der Waals surface area contributed by atoms with Crippen molar-refractivity contribution in [2.24, 2.45) is 11.8 Å². The Balaban J connectivity index is 2.64. The summed E-state index contributed by atoms with van der Waals surface area (Å²) in [4.78, 5) is 4.29. The van der Waals surface area contributed by atoms with Gasteiger partial charge in [0, 0.05) is 18.8 Å². The molecule has 1 unspecified atom stereocenters. The van der Waals surface area contributed by atoms with Crippen molar-refractivity contribution < 1.29 is 0 Å². The molecule has 0 aliphatic rings. The molecule has 0 fully saturated rings. The third kappa shape index (κ3) is 4.15.